The van der Waals surface area contributed by atoms with Crippen LogP contribution in [0.3, 0.4) is 0 Å². The Bertz CT molecular complexity index is 739. The van der Waals surface area contributed by atoms with Crippen LogP contribution in [0.4, 0.5) is 5.69 Å². The standard InChI is InChI=1S/C15H14ClN3O4S/c16-9-7-24-14-12(13(21)19(14)11(9)15(22)23)18(10(20)6-17)8-4-2-1-3-5-8/h1-5,12,14H,6-7,17H2,(H,22,23)/t12-,14+/m1/s1. The molecule has 0 aliphatic carbocycles. The van der Waals surface area contributed by atoms with E-state index in [0.29, 0.717) is 5.69 Å². The maximum absolute atomic E-state index is 12.6. The first kappa shape index (κ1) is 16.8. The smallest absolute Gasteiger partial charge is 0.353 e. The molecule has 126 valence electrons. The van der Waals surface area contributed by atoms with Gasteiger partial charge in [-0.15, -0.1) is 11.8 Å². The number of para-hydroxylation sites is 1. The molecule has 3 rings (SSSR count). The highest BCUT2D eigenvalue weighted by Gasteiger charge is 2.57. The third-order valence-corrected chi connectivity index (χ3v) is 5.59. The Morgan fingerprint density at radius 3 is 2.62 bits per heavy atom. The molecule has 1 aromatic carbocycles. The topological polar surface area (TPSA) is 104 Å². The first-order valence-electron chi connectivity index (χ1n) is 7.11. The van der Waals surface area contributed by atoms with Crippen LogP contribution >= 0.6 is 23.4 Å². The highest BCUT2D eigenvalue weighted by molar-refractivity contribution is 8.00. The van der Waals surface area contributed by atoms with Crippen molar-refractivity contribution >= 4 is 46.8 Å². The first-order valence-corrected chi connectivity index (χ1v) is 8.53. The van der Waals surface area contributed by atoms with Crippen LogP contribution in [0, 0.1) is 0 Å². The van der Waals surface area contributed by atoms with Gasteiger partial charge in [0.1, 0.15) is 17.1 Å². The number of fused-ring (bicyclic) bond motifs is 1. The highest BCUT2D eigenvalue weighted by Crippen LogP contribution is 2.44. The van der Waals surface area contributed by atoms with Crippen molar-refractivity contribution in [3.63, 3.8) is 0 Å². The molecule has 24 heavy (non-hydrogen) atoms. The van der Waals surface area contributed by atoms with Crippen LogP contribution < -0.4 is 10.6 Å². The van der Waals surface area contributed by atoms with E-state index in [1.54, 1.807) is 30.3 Å². The minimum absolute atomic E-state index is 0.118. The number of anilines is 1. The summed E-state index contributed by atoms with van der Waals surface area (Å²) in [5.74, 6) is -1.87. The summed E-state index contributed by atoms with van der Waals surface area (Å²) >= 11 is 7.28. The lowest BCUT2D eigenvalue weighted by Gasteiger charge is -2.52. The van der Waals surface area contributed by atoms with E-state index < -0.39 is 29.2 Å². The molecule has 2 heterocycles. The number of hydrogen-bond donors (Lipinski definition) is 2. The molecule has 7 nitrogen and oxygen atoms in total. The first-order chi connectivity index (χ1) is 11.5. The van der Waals surface area contributed by atoms with E-state index in [4.69, 9.17) is 17.3 Å². The number of carbonyl (C=O) groups excluding carboxylic acids is 2. The van der Waals surface area contributed by atoms with Gasteiger partial charge in [0.15, 0.2) is 0 Å². The van der Waals surface area contributed by atoms with Gasteiger partial charge in [-0.05, 0) is 12.1 Å². The molecule has 1 aromatic rings. The third kappa shape index (κ3) is 2.56. The molecule has 1 saturated heterocycles. The quantitative estimate of drug-likeness (QED) is 0.763. The summed E-state index contributed by atoms with van der Waals surface area (Å²) in [5, 5.41) is 8.92. The van der Waals surface area contributed by atoms with E-state index >= 15 is 0 Å². The molecule has 0 aromatic heterocycles. The Balaban J connectivity index is 1.97. The predicted molar refractivity (Wildman–Crippen MR) is 90.4 cm³/mol. The van der Waals surface area contributed by atoms with Gasteiger partial charge in [0.25, 0.3) is 5.91 Å². The number of carboxylic acid groups (broad SMARTS) is 1. The number of carboxylic acids is 1. The number of amides is 2. The molecule has 0 bridgehead atoms. The largest absolute Gasteiger partial charge is 0.477 e. The SMILES string of the molecule is NCC(=O)N(c1ccccc1)[C@@H]1C(=O)N2C(C(=O)O)=C(Cl)CS[C@@H]12. The second-order valence-corrected chi connectivity index (χ2v) is 6.78. The Hall–Kier alpha value is -2.03. The molecule has 9 heteroatoms. The fraction of sp³-hybridized carbons (Fsp3) is 0.267. The van der Waals surface area contributed by atoms with E-state index in [9.17, 15) is 19.5 Å². The lowest BCUT2D eigenvalue weighted by atomic mass is 10.0. The second kappa shape index (κ2) is 6.46. The molecule has 2 aliphatic rings. The van der Waals surface area contributed by atoms with Crippen molar-refractivity contribution in [3.05, 3.63) is 41.1 Å². The summed E-state index contributed by atoms with van der Waals surface area (Å²) in [7, 11) is 0. The van der Waals surface area contributed by atoms with E-state index in [1.165, 1.54) is 16.7 Å². The molecule has 0 spiro atoms. The monoisotopic (exact) mass is 367 g/mol. The summed E-state index contributed by atoms with van der Waals surface area (Å²) in [6.45, 7) is -0.252. The number of nitrogens with zero attached hydrogens (tertiary/aromatic N) is 2. The van der Waals surface area contributed by atoms with Gasteiger partial charge >= 0.3 is 5.97 Å². The Kier molecular flexibility index (Phi) is 4.53. The Labute approximate surface area is 147 Å². The van der Waals surface area contributed by atoms with Crippen molar-refractivity contribution in [2.75, 3.05) is 17.2 Å². The summed E-state index contributed by atoms with van der Waals surface area (Å²) < 4.78 is 0. The normalized spacial score (nSPS) is 22.8. The Morgan fingerprint density at radius 1 is 1.38 bits per heavy atom. The van der Waals surface area contributed by atoms with Gasteiger partial charge in [-0.3, -0.25) is 19.4 Å². The number of nitrogens with two attached hydrogens (primary N) is 1. The number of halogens is 1. The van der Waals surface area contributed by atoms with Gasteiger partial charge in [-0.1, -0.05) is 29.8 Å². The molecule has 2 atom stereocenters. The maximum atomic E-state index is 12.6. The molecular formula is C15H14ClN3O4S. The number of benzene rings is 1. The van der Waals surface area contributed by atoms with Crippen molar-refractivity contribution in [1.29, 1.82) is 0 Å². The van der Waals surface area contributed by atoms with Gasteiger partial charge in [0, 0.05) is 11.4 Å². The summed E-state index contributed by atoms with van der Waals surface area (Å²) in [4.78, 5) is 38.8. The van der Waals surface area contributed by atoms with Crippen LogP contribution in [-0.4, -0.2) is 51.5 Å². The second-order valence-electron chi connectivity index (χ2n) is 5.22. The van der Waals surface area contributed by atoms with Crippen LogP contribution in [0.2, 0.25) is 0 Å². The summed E-state index contributed by atoms with van der Waals surface area (Å²) in [5.41, 5.74) is 5.82. The van der Waals surface area contributed by atoms with Crippen molar-refractivity contribution in [3.8, 4) is 0 Å². The fourth-order valence-electron chi connectivity index (χ4n) is 2.81. The Morgan fingerprint density at radius 2 is 2.04 bits per heavy atom. The van der Waals surface area contributed by atoms with Gasteiger partial charge in [0.2, 0.25) is 5.91 Å². The molecule has 1 fully saturated rings. The average molecular weight is 368 g/mol. The van der Waals surface area contributed by atoms with Gasteiger partial charge in [-0.2, -0.15) is 0 Å². The minimum Gasteiger partial charge on any atom is -0.477 e. The van der Waals surface area contributed by atoms with E-state index in [0.717, 1.165) is 4.90 Å². The number of thioether (sulfide) groups is 1. The molecule has 3 N–H and O–H groups in total. The van der Waals surface area contributed by atoms with Crippen LogP contribution in [0.25, 0.3) is 0 Å². The van der Waals surface area contributed by atoms with E-state index in [1.807, 2.05) is 0 Å². The molecule has 2 amide bonds. The number of hydrogen-bond acceptors (Lipinski definition) is 5. The number of aliphatic carboxylic acids is 1. The van der Waals surface area contributed by atoms with E-state index in [-0.39, 0.29) is 23.0 Å². The van der Waals surface area contributed by atoms with Gasteiger partial charge in [0.05, 0.1) is 11.6 Å². The predicted octanol–water partition coefficient (Wildman–Crippen LogP) is 0.797. The fourth-order valence-corrected chi connectivity index (χ4v) is 4.41. The molecular weight excluding hydrogens is 354 g/mol. The molecule has 0 unspecified atom stereocenters. The van der Waals surface area contributed by atoms with Crippen molar-refractivity contribution < 1.29 is 19.5 Å². The zero-order chi connectivity index (χ0) is 17.4. The summed E-state index contributed by atoms with van der Waals surface area (Å²) in [6, 6.07) is 7.91. The van der Waals surface area contributed by atoms with Crippen molar-refractivity contribution in [2.45, 2.75) is 11.4 Å². The average Bonchev–Trinajstić information content (AvgIpc) is 2.59. The lowest BCUT2D eigenvalue weighted by Crippen LogP contribution is -2.72. The number of β-lactam (4-membered cyclic amide) rings is 1. The highest BCUT2D eigenvalue weighted by atomic mass is 35.5. The van der Waals surface area contributed by atoms with Crippen molar-refractivity contribution in [2.24, 2.45) is 5.73 Å². The van der Waals surface area contributed by atoms with Crippen LogP contribution in [0.15, 0.2) is 41.1 Å². The zero-order valence-electron chi connectivity index (χ0n) is 12.4. The molecule has 2 aliphatic heterocycles. The van der Waals surface area contributed by atoms with Gasteiger partial charge < -0.3 is 10.8 Å². The number of rotatable bonds is 4. The summed E-state index contributed by atoms with van der Waals surface area (Å²) in [6.07, 6.45) is 0. The zero-order valence-corrected chi connectivity index (χ0v) is 14.0. The van der Waals surface area contributed by atoms with Gasteiger partial charge in [-0.25, -0.2) is 4.79 Å². The third-order valence-electron chi connectivity index (χ3n) is 3.85. The van der Waals surface area contributed by atoms with Crippen molar-refractivity contribution in [1.82, 2.24) is 4.90 Å². The van der Waals surface area contributed by atoms with E-state index in [2.05, 4.69) is 0 Å². The molecule has 0 saturated carbocycles. The lowest BCUT2D eigenvalue weighted by molar-refractivity contribution is -0.148. The van der Waals surface area contributed by atoms with Crippen LogP contribution in [0.1, 0.15) is 0 Å². The molecule has 0 radical (unpaired) electrons. The number of carbonyl (C=O) groups is 3. The minimum atomic E-state index is -1.26. The maximum Gasteiger partial charge on any atom is 0.353 e. The van der Waals surface area contributed by atoms with Crippen LogP contribution in [-0.2, 0) is 14.4 Å². The van der Waals surface area contributed by atoms with Crippen LogP contribution in [0.5, 0.6) is 0 Å².